The van der Waals surface area contributed by atoms with Gasteiger partial charge in [-0.15, -0.1) is 0 Å². The van der Waals surface area contributed by atoms with Crippen LogP contribution in [-0.4, -0.2) is 21.1 Å². The van der Waals surface area contributed by atoms with Crippen molar-refractivity contribution in [1.29, 1.82) is 0 Å². The van der Waals surface area contributed by atoms with Gasteiger partial charge in [0.15, 0.2) is 5.65 Å². The fourth-order valence-electron chi connectivity index (χ4n) is 2.85. The van der Waals surface area contributed by atoms with Gasteiger partial charge in [0.1, 0.15) is 11.3 Å². The van der Waals surface area contributed by atoms with Crippen molar-refractivity contribution in [1.82, 2.24) is 14.5 Å². The number of nitrogen functional groups attached to an aromatic ring is 1. The van der Waals surface area contributed by atoms with Crippen molar-refractivity contribution in [2.45, 2.75) is 12.5 Å². The average Bonchev–Trinajstić information content (AvgIpc) is 2.82. The van der Waals surface area contributed by atoms with E-state index in [-0.39, 0.29) is 6.04 Å². The molecular weight excluding hydrogens is 252 g/mol. The summed E-state index contributed by atoms with van der Waals surface area (Å²) in [6.07, 6.45) is 2.63. The summed E-state index contributed by atoms with van der Waals surface area (Å²) < 4.78 is 7.72. The maximum atomic E-state index is 6.11. The molecule has 2 aromatic heterocycles. The minimum atomic E-state index is 0.125. The van der Waals surface area contributed by atoms with E-state index in [0.717, 1.165) is 28.9 Å². The Morgan fingerprint density at radius 3 is 3.05 bits per heavy atom. The topological polar surface area (TPSA) is 66.0 Å². The van der Waals surface area contributed by atoms with Crippen LogP contribution in [0.5, 0.6) is 5.75 Å². The van der Waals surface area contributed by atoms with Gasteiger partial charge in [0.05, 0.1) is 12.6 Å². The third-order valence-electron chi connectivity index (χ3n) is 3.71. The van der Waals surface area contributed by atoms with Gasteiger partial charge in [0, 0.05) is 18.2 Å². The lowest BCUT2D eigenvalue weighted by Gasteiger charge is -2.27. The Labute approximate surface area is 116 Å². The highest BCUT2D eigenvalue weighted by Crippen LogP contribution is 2.37. The molecule has 100 valence electrons. The minimum absolute atomic E-state index is 0.125. The number of fused-ring (bicyclic) bond motifs is 2. The summed E-state index contributed by atoms with van der Waals surface area (Å²) in [4.78, 5) is 8.83. The van der Waals surface area contributed by atoms with Gasteiger partial charge < -0.3 is 10.5 Å². The SMILES string of the molecule is Nc1nc2cccnc2n1C1CCOc2ccccc21. The van der Waals surface area contributed by atoms with Crippen molar-refractivity contribution < 1.29 is 4.74 Å². The number of imidazole rings is 1. The number of para-hydroxylation sites is 1. The zero-order valence-electron chi connectivity index (χ0n) is 10.9. The lowest BCUT2D eigenvalue weighted by atomic mass is 10.0. The smallest absolute Gasteiger partial charge is 0.203 e. The highest BCUT2D eigenvalue weighted by molar-refractivity contribution is 5.74. The number of nitrogens with two attached hydrogens (primary N) is 1. The number of hydrogen-bond donors (Lipinski definition) is 1. The molecule has 0 bridgehead atoms. The fourth-order valence-corrected chi connectivity index (χ4v) is 2.85. The highest BCUT2D eigenvalue weighted by Gasteiger charge is 2.26. The Morgan fingerprint density at radius 1 is 1.20 bits per heavy atom. The van der Waals surface area contributed by atoms with Crippen LogP contribution in [0.1, 0.15) is 18.0 Å². The van der Waals surface area contributed by atoms with Gasteiger partial charge in [0.25, 0.3) is 0 Å². The van der Waals surface area contributed by atoms with E-state index >= 15 is 0 Å². The molecule has 0 spiro atoms. The highest BCUT2D eigenvalue weighted by atomic mass is 16.5. The Morgan fingerprint density at radius 2 is 2.10 bits per heavy atom. The number of aromatic nitrogens is 3. The first-order valence-corrected chi connectivity index (χ1v) is 6.65. The van der Waals surface area contributed by atoms with Gasteiger partial charge in [-0.05, 0) is 18.2 Å². The third kappa shape index (κ3) is 1.56. The maximum Gasteiger partial charge on any atom is 0.203 e. The monoisotopic (exact) mass is 266 g/mol. The van der Waals surface area contributed by atoms with Gasteiger partial charge in [-0.25, -0.2) is 9.97 Å². The quantitative estimate of drug-likeness (QED) is 0.734. The van der Waals surface area contributed by atoms with Crippen LogP contribution in [0, 0.1) is 0 Å². The van der Waals surface area contributed by atoms with E-state index in [1.807, 2.05) is 34.9 Å². The molecule has 0 fully saturated rings. The van der Waals surface area contributed by atoms with Gasteiger partial charge in [-0.1, -0.05) is 18.2 Å². The Hall–Kier alpha value is -2.56. The van der Waals surface area contributed by atoms with Crippen molar-refractivity contribution in [2.24, 2.45) is 0 Å². The molecule has 5 nitrogen and oxygen atoms in total. The number of nitrogens with zero attached hydrogens (tertiary/aromatic N) is 3. The second kappa shape index (κ2) is 4.23. The molecule has 1 aliphatic heterocycles. The van der Waals surface area contributed by atoms with Crippen LogP contribution in [0.25, 0.3) is 11.2 Å². The first-order valence-electron chi connectivity index (χ1n) is 6.65. The van der Waals surface area contributed by atoms with Crippen LogP contribution in [0.15, 0.2) is 42.6 Å². The van der Waals surface area contributed by atoms with Crippen molar-refractivity contribution in [3.05, 3.63) is 48.2 Å². The standard InChI is InChI=1S/C15H14N4O/c16-15-18-11-5-3-8-17-14(11)19(15)12-7-9-20-13-6-2-1-4-10(12)13/h1-6,8,12H,7,9H2,(H2,16,18). The largest absolute Gasteiger partial charge is 0.493 e. The van der Waals surface area contributed by atoms with Crippen molar-refractivity contribution >= 4 is 17.1 Å². The van der Waals surface area contributed by atoms with E-state index < -0.39 is 0 Å². The molecule has 0 saturated carbocycles. The molecule has 2 N–H and O–H groups in total. The Balaban J connectivity index is 1.95. The molecule has 0 amide bonds. The van der Waals surface area contributed by atoms with Gasteiger partial charge in [0.2, 0.25) is 5.95 Å². The summed E-state index contributed by atoms with van der Waals surface area (Å²) >= 11 is 0. The number of anilines is 1. The third-order valence-corrected chi connectivity index (χ3v) is 3.71. The van der Waals surface area contributed by atoms with Crippen LogP contribution in [0.4, 0.5) is 5.95 Å². The molecule has 0 radical (unpaired) electrons. The summed E-state index contributed by atoms with van der Waals surface area (Å²) in [6, 6.07) is 12.0. The van der Waals surface area contributed by atoms with Crippen LogP contribution in [-0.2, 0) is 0 Å². The number of pyridine rings is 1. The molecule has 4 rings (SSSR count). The van der Waals surface area contributed by atoms with Crippen LogP contribution in [0.3, 0.4) is 0 Å². The number of benzene rings is 1. The maximum absolute atomic E-state index is 6.11. The molecule has 1 aliphatic rings. The Kier molecular flexibility index (Phi) is 2.39. The molecule has 1 unspecified atom stereocenters. The van der Waals surface area contributed by atoms with E-state index in [9.17, 15) is 0 Å². The minimum Gasteiger partial charge on any atom is -0.493 e. The number of ether oxygens (including phenoxy) is 1. The lowest BCUT2D eigenvalue weighted by molar-refractivity contribution is 0.258. The fraction of sp³-hybridized carbons (Fsp3) is 0.200. The summed E-state index contributed by atoms with van der Waals surface area (Å²) in [7, 11) is 0. The molecular formula is C15H14N4O. The molecule has 1 aromatic carbocycles. The second-order valence-corrected chi connectivity index (χ2v) is 4.88. The van der Waals surface area contributed by atoms with Crippen LogP contribution in [0.2, 0.25) is 0 Å². The molecule has 0 saturated heterocycles. The van der Waals surface area contributed by atoms with Crippen molar-refractivity contribution in [3.63, 3.8) is 0 Å². The van der Waals surface area contributed by atoms with Crippen LogP contribution < -0.4 is 10.5 Å². The van der Waals surface area contributed by atoms with E-state index in [1.165, 1.54) is 0 Å². The molecule has 3 heterocycles. The normalized spacial score (nSPS) is 17.7. The summed E-state index contributed by atoms with van der Waals surface area (Å²) in [5, 5.41) is 0. The van der Waals surface area contributed by atoms with Gasteiger partial charge >= 0.3 is 0 Å². The predicted octanol–water partition coefficient (Wildman–Crippen LogP) is 2.39. The first kappa shape index (κ1) is 11.3. The summed E-state index contributed by atoms with van der Waals surface area (Å²) in [6.45, 7) is 0.674. The second-order valence-electron chi connectivity index (χ2n) is 4.88. The molecule has 1 atom stereocenters. The van der Waals surface area contributed by atoms with E-state index in [4.69, 9.17) is 10.5 Å². The first-order chi connectivity index (χ1) is 9.84. The molecule has 5 heteroatoms. The number of rotatable bonds is 1. The van der Waals surface area contributed by atoms with Crippen molar-refractivity contribution in [2.75, 3.05) is 12.3 Å². The van der Waals surface area contributed by atoms with Crippen molar-refractivity contribution in [3.8, 4) is 5.75 Å². The molecule has 20 heavy (non-hydrogen) atoms. The van der Waals surface area contributed by atoms with Gasteiger partial charge in [-0.2, -0.15) is 0 Å². The van der Waals surface area contributed by atoms with E-state index in [1.54, 1.807) is 6.20 Å². The predicted molar refractivity (Wildman–Crippen MR) is 76.6 cm³/mol. The molecule has 0 aliphatic carbocycles. The van der Waals surface area contributed by atoms with Crippen LogP contribution >= 0.6 is 0 Å². The Bertz CT molecular complexity index is 780. The number of hydrogen-bond acceptors (Lipinski definition) is 4. The summed E-state index contributed by atoms with van der Waals surface area (Å²) in [5.74, 6) is 1.42. The average molecular weight is 266 g/mol. The summed E-state index contributed by atoms with van der Waals surface area (Å²) in [5.41, 5.74) is 8.90. The zero-order valence-corrected chi connectivity index (χ0v) is 10.9. The van der Waals surface area contributed by atoms with E-state index in [2.05, 4.69) is 16.0 Å². The lowest BCUT2D eigenvalue weighted by Crippen LogP contribution is -2.21. The zero-order chi connectivity index (χ0) is 13.5. The van der Waals surface area contributed by atoms with E-state index in [0.29, 0.717) is 12.6 Å². The van der Waals surface area contributed by atoms with Gasteiger partial charge in [-0.3, -0.25) is 4.57 Å². The molecule has 3 aromatic rings.